The monoisotopic (exact) mass is 301 g/mol. The molecule has 3 rings (SSSR count). The predicted octanol–water partition coefficient (Wildman–Crippen LogP) is -0.972. The third-order valence-electron chi connectivity index (χ3n) is 3.53. The van der Waals surface area contributed by atoms with Crippen LogP contribution in [0.5, 0.6) is 0 Å². The molecule has 0 aliphatic carbocycles. The molecule has 1 fully saturated rings. The van der Waals surface area contributed by atoms with Crippen LogP contribution in [0.2, 0.25) is 0 Å². The van der Waals surface area contributed by atoms with Crippen LogP contribution >= 0.6 is 0 Å². The maximum absolute atomic E-state index is 14.2. The molecule has 1 saturated heterocycles. The first-order chi connectivity index (χ1) is 9.89. The Morgan fingerprint density at radius 3 is 2.81 bits per heavy atom. The van der Waals surface area contributed by atoms with Crippen molar-refractivity contribution in [2.24, 2.45) is 5.73 Å². The van der Waals surface area contributed by atoms with E-state index in [1.54, 1.807) is 0 Å². The average Bonchev–Trinajstić information content (AvgIpc) is 2.91. The van der Waals surface area contributed by atoms with E-state index in [-0.39, 0.29) is 16.9 Å². The Morgan fingerprint density at radius 1 is 1.48 bits per heavy atom. The van der Waals surface area contributed by atoms with Crippen molar-refractivity contribution in [3.8, 4) is 0 Å². The zero-order valence-electron chi connectivity index (χ0n) is 10.6. The maximum atomic E-state index is 14.2. The minimum atomic E-state index is -1.98. The van der Waals surface area contributed by atoms with Crippen LogP contribution in [-0.2, 0) is 4.74 Å². The lowest BCUT2D eigenvalue weighted by Gasteiger charge is -2.24. The molecule has 21 heavy (non-hydrogen) atoms. The zero-order chi connectivity index (χ0) is 15.4. The normalized spacial score (nSPS) is 32.9. The van der Waals surface area contributed by atoms with Crippen LogP contribution in [-0.4, -0.2) is 49.4 Å². The zero-order valence-corrected chi connectivity index (χ0v) is 10.6. The summed E-state index contributed by atoms with van der Waals surface area (Å²) in [5.41, 5.74) is 9.16. The van der Waals surface area contributed by atoms with Gasteiger partial charge in [-0.15, -0.1) is 0 Å². The van der Waals surface area contributed by atoms with Crippen LogP contribution in [0.4, 0.5) is 14.6 Å². The lowest BCUT2D eigenvalue weighted by molar-refractivity contribution is -0.123. The van der Waals surface area contributed by atoms with Crippen LogP contribution in [0.25, 0.3) is 11.0 Å². The molecule has 2 aromatic rings. The fraction of sp³-hybridized carbons (Fsp3) is 0.455. The van der Waals surface area contributed by atoms with Crippen molar-refractivity contribution in [2.45, 2.75) is 24.2 Å². The highest BCUT2D eigenvalue weighted by molar-refractivity contribution is 5.86. The van der Waals surface area contributed by atoms with E-state index in [0.717, 1.165) is 17.1 Å². The quantitative estimate of drug-likeness (QED) is 0.561. The Bertz CT molecular complexity index is 696. The van der Waals surface area contributed by atoms with Crippen molar-refractivity contribution in [2.75, 3.05) is 12.3 Å². The number of aromatic nitrogens is 3. The molecule has 1 aliphatic heterocycles. The van der Waals surface area contributed by atoms with Crippen molar-refractivity contribution in [1.29, 1.82) is 0 Å². The molecule has 10 heteroatoms. The topological polar surface area (TPSA) is 132 Å². The van der Waals surface area contributed by atoms with Crippen molar-refractivity contribution < 1.29 is 23.7 Å². The van der Waals surface area contributed by atoms with Crippen molar-refractivity contribution >= 4 is 16.9 Å². The number of hydrogen-bond acceptors (Lipinski definition) is 7. The van der Waals surface area contributed by atoms with Gasteiger partial charge in [-0.05, 0) is 0 Å². The minimum absolute atomic E-state index is 0.00189. The SMILES string of the molecule is Nc1ncnc2c1c(F)cn2C1OC(N)(CO)C(O)C1F. The molecule has 0 radical (unpaired) electrons. The highest BCUT2D eigenvalue weighted by Gasteiger charge is 2.54. The van der Waals surface area contributed by atoms with E-state index in [9.17, 15) is 13.9 Å². The number of anilines is 1. The van der Waals surface area contributed by atoms with Gasteiger partial charge in [0, 0.05) is 6.20 Å². The third kappa shape index (κ3) is 1.87. The number of nitrogens with two attached hydrogens (primary N) is 2. The van der Waals surface area contributed by atoms with Crippen LogP contribution in [0.3, 0.4) is 0 Å². The van der Waals surface area contributed by atoms with Gasteiger partial charge in [-0.25, -0.2) is 18.7 Å². The van der Waals surface area contributed by atoms with Gasteiger partial charge in [0.2, 0.25) is 0 Å². The molecular formula is C11H13F2N5O3. The van der Waals surface area contributed by atoms with Crippen LogP contribution in [0.1, 0.15) is 6.23 Å². The second kappa shape index (κ2) is 4.56. The van der Waals surface area contributed by atoms with E-state index in [4.69, 9.17) is 21.3 Å². The molecule has 114 valence electrons. The molecule has 4 atom stereocenters. The van der Waals surface area contributed by atoms with Gasteiger partial charge in [0.1, 0.15) is 18.2 Å². The first-order valence-corrected chi connectivity index (χ1v) is 6.05. The number of aliphatic hydroxyl groups is 2. The lowest BCUT2D eigenvalue weighted by atomic mass is 10.1. The smallest absolute Gasteiger partial charge is 0.175 e. The highest BCUT2D eigenvalue weighted by Crippen LogP contribution is 2.38. The van der Waals surface area contributed by atoms with Crippen molar-refractivity contribution in [3.63, 3.8) is 0 Å². The molecule has 0 saturated carbocycles. The van der Waals surface area contributed by atoms with E-state index in [1.165, 1.54) is 0 Å². The van der Waals surface area contributed by atoms with Gasteiger partial charge in [-0.2, -0.15) is 0 Å². The molecule has 0 bridgehead atoms. The van der Waals surface area contributed by atoms with Gasteiger partial charge in [0.05, 0.1) is 12.0 Å². The van der Waals surface area contributed by atoms with Gasteiger partial charge in [0.25, 0.3) is 0 Å². The Morgan fingerprint density at radius 2 is 2.19 bits per heavy atom. The molecule has 0 aromatic carbocycles. The third-order valence-corrected chi connectivity index (χ3v) is 3.53. The Hall–Kier alpha value is -1.88. The molecule has 6 N–H and O–H groups in total. The number of aliphatic hydroxyl groups excluding tert-OH is 2. The van der Waals surface area contributed by atoms with E-state index in [1.807, 2.05) is 0 Å². The first kappa shape index (κ1) is 14.1. The van der Waals surface area contributed by atoms with Crippen LogP contribution in [0, 0.1) is 5.82 Å². The summed E-state index contributed by atoms with van der Waals surface area (Å²) in [7, 11) is 0. The number of fused-ring (bicyclic) bond motifs is 1. The summed E-state index contributed by atoms with van der Waals surface area (Å²) >= 11 is 0. The summed E-state index contributed by atoms with van der Waals surface area (Å²) in [6.07, 6.45) is -3.17. The van der Waals surface area contributed by atoms with Gasteiger partial charge >= 0.3 is 0 Å². The lowest BCUT2D eigenvalue weighted by Crippen LogP contribution is -2.53. The fourth-order valence-corrected chi connectivity index (χ4v) is 2.38. The number of halogens is 2. The summed E-state index contributed by atoms with van der Waals surface area (Å²) < 4.78 is 34.3. The van der Waals surface area contributed by atoms with E-state index in [2.05, 4.69) is 9.97 Å². The summed E-state index contributed by atoms with van der Waals surface area (Å²) in [5, 5.41) is 18.8. The number of hydrogen-bond donors (Lipinski definition) is 4. The summed E-state index contributed by atoms with van der Waals surface area (Å²) in [4.78, 5) is 7.49. The van der Waals surface area contributed by atoms with Crippen LogP contribution < -0.4 is 11.5 Å². The second-order valence-electron chi connectivity index (χ2n) is 4.85. The first-order valence-electron chi connectivity index (χ1n) is 6.05. The molecule has 8 nitrogen and oxygen atoms in total. The molecule has 0 spiro atoms. The summed E-state index contributed by atoms with van der Waals surface area (Å²) in [6.45, 7) is -0.802. The second-order valence-corrected chi connectivity index (χ2v) is 4.85. The van der Waals surface area contributed by atoms with E-state index >= 15 is 0 Å². The van der Waals surface area contributed by atoms with Gasteiger partial charge < -0.3 is 20.7 Å². The number of alkyl halides is 1. The minimum Gasteiger partial charge on any atom is -0.392 e. The number of nitrogen functional groups attached to an aromatic ring is 1. The molecule has 2 aromatic heterocycles. The summed E-state index contributed by atoms with van der Waals surface area (Å²) in [5.74, 6) is -0.863. The van der Waals surface area contributed by atoms with Gasteiger partial charge in [-0.1, -0.05) is 0 Å². The van der Waals surface area contributed by atoms with Crippen molar-refractivity contribution in [3.05, 3.63) is 18.3 Å². The molecular weight excluding hydrogens is 288 g/mol. The largest absolute Gasteiger partial charge is 0.392 e. The molecule has 3 heterocycles. The highest BCUT2D eigenvalue weighted by atomic mass is 19.1. The Kier molecular flexibility index (Phi) is 3.06. The van der Waals surface area contributed by atoms with E-state index in [0.29, 0.717) is 0 Å². The van der Waals surface area contributed by atoms with Gasteiger partial charge in [0.15, 0.2) is 29.6 Å². The standard InChI is InChI=1S/C11H13F2N5O3/c12-4-1-18(9-5(4)8(14)16-3-17-9)10-6(13)7(20)11(15,2-19)21-10/h1,3,6-7,10,19-20H,2,15H2,(H2,14,16,17). The van der Waals surface area contributed by atoms with E-state index < -0.39 is 36.7 Å². The van der Waals surface area contributed by atoms with Crippen molar-refractivity contribution in [1.82, 2.24) is 14.5 Å². The average molecular weight is 301 g/mol. The molecule has 1 aliphatic rings. The molecule has 0 amide bonds. The predicted molar refractivity (Wildman–Crippen MR) is 66.9 cm³/mol. The fourth-order valence-electron chi connectivity index (χ4n) is 2.38. The molecule has 4 unspecified atom stereocenters. The van der Waals surface area contributed by atoms with Crippen LogP contribution in [0.15, 0.2) is 12.5 Å². The van der Waals surface area contributed by atoms with Gasteiger partial charge in [-0.3, -0.25) is 10.3 Å². The summed E-state index contributed by atoms with van der Waals surface area (Å²) in [6, 6.07) is 0. The maximum Gasteiger partial charge on any atom is 0.175 e. The Labute approximate surface area is 117 Å². The number of rotatable bonds is 2. The number of nitrogens with zero attached hydrogens (tertiary/aromatic N) is 3. The number of ether oxygens (including phenoxy) is 1. The Balaban J connectivity index is 2.12.